The highest BCUT2D eigenvalue weighted by Crippen LogP contribution is 2.19. The van der Waals surface area contributed by atoms with Gasteiger partial charge in [-0.3, -0.25) is 4.79 Å². The molecule has 4 nitrogen and oxygen atoms in total. The quantitative estimate of drug-likeness (QED) is 0.0420. The van der Waals surface area contributed by atoms with E-state index in [4.69, 9.17) is 0 Å². The summed E-state index contributed by atoms with van der Waals surface area (Å²) in [5.74, 6) is -0.0722. The van der Waals surface area contributed by atoms with Gasteiger partial charge in [-0.2, -0.15) is 0 Å². The van der Waals surface area contributed by atoms with Crippen LogP contribution in [0.5, 0.6) is 0 Å². The van der Waals surface area contributed by atoms with Crippen molar-refractivity contribution in [3.63, 3.8) is 0 Å². The first-order chi connectivity index (χ1) is 40.2. The number of rotatable bonds is 68. The highest BCUT2D eigenvalue weighted by molar-refractivity contribution is 5.76. The number of allylic oxidation sites excluding steroid dienone is 11. The van der Waals surface area contributed by atoms with Gasteiger partial charge in [0.1, 0.15) is 0 Å². The van der Waals surface area contributed by atoms with Crippen LogP contribution in [0, 0.1) is 0 Å². The summed E-state index contributed by atoms with van der Waals surface area (Å²) >= 11 is 0. The summed E-state index contributed by atoms with van der Waals surface area (Å²) < 4.78 is 0. The van der Waals surface area contributed by atoms with Gasteiger partial charge in [0.05, 0.1) is 18.8 Å². The van der Waals surface area contributed by atoms with Gasteiger partial charge in [-0.15, -0.1) is 0 Å². The molecule has 0 aliphatic rings. The van der Waals surface area contributed by atoms with Crippen molar-refractivity contribution in [3.05, 3.63) is 72.9 Å². The topological polar surface area (TPSA) is 69.6 Å². The molecule has 474 valence electrons. The Bertz CT molecular complexity index is 1380. The molecule has 0 aliphatic heterocycles. The van der Waals surface area contributed by atoms with Crippen molar-refractivity contribution in [1.29, 1.82) is 0 Å². The zero-order valence-electron chi connectivity index (χ0n) is 54.8. The molecular formula is C77H143NO3. The van der Waals surface area contributed by atoms with Gasteiger partial charge in [0, 0.05) is 6.42 Å². The molecular weight excluding hydrogens is 987 g/mol. The molecule has 0 aromatic rings. The van der Waals surface area contributed by atoms with E-state index in [9.17, 15) is 15.0 Å². The number of aliphatic hydroxyl groups is 2. The van der Waals surface area contributed by atoms with Crippen molar-refractivity contribution >= 4 is 5.91 Å². The van der Waals surface area contributed by atoms with E-state index in [0.29, 0.717) is 6.42 Å². The molecule has 0 bridgehead atoms. The van der Waals surface area contributed by atoms with Crippen LogP contribution >= 0.6 is 0 Å². The molecule has 0 aromatic heterocycles. The number of nitrogens with one attached hydrogen (secondary N) is 1. The predicted octanol–water partition coefficient (Wildman–Crippen LogP) is 25.2. The first-order valence-corrected chi connectivity index (χ1v) is 36.7. The minimum absolute atomic E-state index is 0.0722. The lowest BCUT2D eigenvalue weighted by molar-refractivity contribution is -0.123. The third kappa shape index (κ3) is 68.5. The van der Waals surface area contributed by atoms with Gasteiger partial charge in [-0.25, -0.2) is 0 Å². The highest BCUT2D eigenvalue weighted by Gasteiger charge is 2.18. The number of carbonyl (C=O) groups is 1. The predicted molar refractivity (Wildman–Crippen MR) is 364 cm³/mol. The largest absolute Gasteiger partial charge is 0.394 e. The van der Waals surface area contributed by atoms with Crippen LogP contribution in [0.4, 0.5) is 0 Å². The van der Waals surface area contributed by atoms with Gasteiger partial charge >= 0.3 is 0 Å². The SMILES string of the molecule is CCCCCCC/C=C\C/C=C\C/C=C\CCCCCCCCCCCCCCCCCCCCCCCCC(=O)NC(CO)C(O)/C=C/CC/C=C/CC/C=C/CCCCCCCCCCCCCCCCCCCCCCCC. The van der Waals surface area contributed by atoms with Crippen molar-refractivity contribution < 1.29 is 15.0 Å². The van der Waals surface area contributed by atoms with Crippen molar-refractivity contribution in [2.45, 2.75) is 405 Å². The second-order valence-electron chi connectivity index (χ2n) is 25.0. The fraction of sp³-hybridized carbons (Fsp3) is 0.831. The van der Waals surface area contributed by atoms with Gasteiger partial charge in [0.2, 0.25) is 5.91 Å². The van der Waals surface area contributed by atoms with Gasteiger partial charge < -0.3 is 15.5 Å². The molecule has 0 heterocycles. The average molecular weight is 1130 g/mol. The molecule has 0 aromatic carbocycles. The Balaban J connectivity index is 3.47. The summed E-state index contributed by atoms with van der Waals surface area (Å²) in [6, 6.07) is -0.649. The number of unbranched alkanes of at least 4 members (excludes halogenated alkanes) is 51. The Morgan fingerprint density at radius 1 is 0.296 bits per heavy atom. The molecule has 4 heteroatoms. The average Bonchev–Trinajstić information content (AvgIpc) is 3.47. The van der Waals surface area contributed by atoms with Crippen LogP contribution in [-0.2, 0) is 4.79 Å². The van der Waals surface area contributed by atoms with E-state index < -0.39 is 12.1 Å². The number of hydrogen-bond acceptors (Lipinski definition) is 3. The van der Waals surface area contributed by atoms with Crippen LogP contribution in [0.15, 0.2) is 72.9 Å². The molecule has 0 fully saturated rings. The summed E-state index contributed by atoms with van der Waals surface area (Å²) in [5.41, 5.74) is 0. The molecule has 0 spiro atoms. The van der Waals surface area contributed by atoms with E-state index in [1.54, 1.807) is 6.08 Å². The van der Waals surface area contributed by atoms with Crippen molar-refractivity contribution in [2.24, 2.45) is 0 Å². The maximum absolute atomic E-state index is 12.5. The zero-order chi connectivity index (χ0) is 58.4. The summed E-state index contributed by atoms with van der Waals surface area (Å²) in [7, 11) is 0. The third-order valence-corrected chi connectivity index (χ3v) is 16.9. The summed E-state index contributed by atoms with van der Waals surface area (Å²) in [5, 5.41) is 23.3. The minimum Gasteiger partial charge on any atom is -0.394 e. The molecule has 0 saturated heterocycles. The van der Waals surface area contributed by atoms with Crippen LogP contribution < -0.4 is 5.32 Å². The van der Waals surface area contributed by atoms with Gasteiger partial charge in [-0.1, -0.05) is 376 Å². The number of hydrogen-bond donors (Lipinski definition) is 3. The summed E-state index contributed by atoms with van der Waals surface area (Å²) in [4.78, 5) is 12.5. The second kappa shape index (κ2) is 72.1. The standard InChI is InChI=1S/C77H143NO3/c1-3-5-7-9-11-13-15-17-19-21-23-25-27-29-31-33-35-37-38-39-40-41-43-45-47-49-51-53-55-57-59-61-63-65-67-69-71-73-77(81)78-75(74-79)76(80)72-70-68-66-64-62-60-58-56-54-52-50-48-46-44-42-36-34-32-30-28-26-24-22-20-18-16-14-12-10-8-6-4-2/h15,17,21,23,27,29,54,56,62,64,70,72,75-76,79-80H,3-14,16,18-20,22,24-26,28,30-53,55,57-61,63,65-69,71,73-74H2,1-2H3,(H,78,81)/b17-15-,23-21-,29-27-,56-54+,64-62+,72-70+. The monoisotopic (exact) mass is 1130 g/mol. The summed E-state index contributed by atoms with van der Waals surface area (Å²) in [6.45, 7) is 4.32. The van der Waals surface area contributed by atoms with Crippen LogP contribution in [0.3, 0.4) is 0 Å². The van der Waals surface area contributed by atoms with Crippen molar-refractivity contribution in [2.75, 3.05) is 6.61 Å². The fourth-order valence-corrected chi connectivity index (χ4v) is 11.3. The van der Waals surface area contributed by atoms with E-state index in [-0.39, 0.29) is 12.5 Å². The molecule has 0 rings (SSSR count). The maximum atomic E-state index is 12.5. The smallest absolute Gasteiger partial charge is 0.220 e. The molecule has 0 aliphatic carbocycles. The van der Waals surface area contributed by atoms with E-state index >= 15 is 0 Å². The molecule has 1 amide bonds. The molecule has 3 N–H and O–H groups in total. The van der Waals surface area contributed by atoms with E-state index in [1.165, 1.54) is 321 Å². The second-order valence-corrected chi connectivity index (χ2v) is 25.0. The molecule has 0 radical (unpaired) electrons. The Labute approximate surface area is 508 Å². The molecule has 81 heavy (non-hydrogen) atoms. The van der Waals surface area contributed by atoms with Crippen LogP contribution in [0.2, 0.25) is 0 Å². The van der Waals surface area contributed by atoms with Crippen LogP contribution in [0.1, 0.15) is 393 Å². The Morgan fingerprint density at radius 3 is 0.802 bits per heavy atom. The Kier molecular flexibility index (Phi) is 70.2. The van der Waals surface area contributed by atoms with Crippen LogP contribution in [0.25, 0.3) is 0 Å². The minimum atomic E-state index is -0.874. The lowest BCUT2D eigenvalue weighted by atomic mass is 10.0. The molecule has 0 saturated carbocycles. The Hall–Kier alpha value is -2.17. The normalized spacial score (nSPS) is 13.1. The fourth-order valence-electron chi connectivity index (χ4n) is 11.3. The highest BCUT2D eigenvalue weighted by atomic mass is 16.3. The first-order valence-electron chi connectivity index (χ1n) is 36.7. The number of aliphatic hydroxyl groups excluding tert-OH is 2. The summed E-state index contributed by atoms with van der Waals surface area (Å²) in [6.07, 6.45) is 104. The lowest BCUT2D eigenvalue weighted by Gasteiger charge is -2.19. The van der Waals surface area contributed by atoms with Gasteiger partial charge in [0.15, 0.2) is 0 Å². The van der Waals surface area contributed by atoms with Gasteiger partial charge in [0.25, 0.3) is 0 Å². The lowest BCUT2D eigenvalue weighted by Crippen LogP contribution is -2.45. The Morgan fingerprint density at radius 2 is 0.519 bits per heavy atom. The van der Waals surface area contributed by atoms with Gasteiger partial charge in [-0.05, 0) is 83.5 Å². The number of amides is 1. The van der Waals surface area contributed by atoms with Crippen molar-refractivity contribution in [3.8, 4) is 0 Å². The number of carbonyl (C=O) groups excluding carboxylic acids is 1. The molecule has 2 atom stereocenters. The van der Waals surface area contributed by atoms with E-state index in [1.807, 2.05) is 6.08 Å². The van der Waals surface area contributed by atoms with Crippen LogP contribution in [-0.4, -0.2) is 34.9 Å². The molecule has 2 unspecified atom stereocenters. The van der Waals surface area contributed by atoms with E-state index in [2.05, 4.69) is 79.9 Å². The first kappa shape index (κ1) is 78.8. The van der Waals surface area contributed by atoms with E-state index in [0.717, 1.165) is 51.4 Å². The zero-order valence-corrected chi connectivity index (χ0v) is 54.8. The van der Waals surface area contributed by atoms with Crippen molar-refractivity contribution in [1.82, 2.24) is 5.32 Å². The third-order valence-electron chi connectivity index (χ3n) is 16.9. The maximum Gasteiger partial charge on any atom is 0.220 e.